The Kier molecular flexibility index (Phi) is 13.4. The fourth-order valence-corrected chi connectivity index (χ4v) is 4.70. The topological polar surface area (TPSA) is 202 Å². The van der Waals surface area contributed by atoms with Crippen LogP contribution in [0.5, 0.6) is 0 Å². The molecule has 2 aromatic heterocycles. The first-order valence-corrected chi connectivity index (χ1v) is 15.1. The number of halogens is 3. The molecule has 18 heteroatoms. The molecule has 0 aliphatic carbocycles. The molecule has 268 valence electrons. The molecule has 50 heavy (non-hydrogen) atoms. The first kappa shape index (κ1) is 39.0. The number of pyridine rings is 1. The molecule has 3 rings (SSSR count). The number of nitrogens with two attached hydrogens (primary N) is 2. The number of benzene rings is 1. The van der Waals surface area contributed by atoms with Crippen LogP contribution in [0.15, 0.2) is 54.2 Å². The van der Waals surface area contributed by atoms with E-state index in [9.17, 15) is 32.7 Å². The molecule has 0 radical (unpaired) electrons. The molecule has 0 aliphatic rings. The summed E-state index contributed by atoms with van der Waals surface area (Å²) in [5.74, 6) is -5.19. The predicted octanol–water partition coefficient (Wildman–Crippen LogP) is 2.12. The number of carbonyl (C=O) groups is 3. The van der Waals surface area contributed by atoms with E-state index < -0.39 is 65.8 Å². The van der Waals surface area contributed by atoms with Gasteiger partial charge < -0.3 is 26.0 Å². The van der Waals surface area contributed by atoms with Gasteiger partial charge in [0.2, 0.25) is 12.1 Å². The zero-order valence-corrected chi connectivity index (χ0v) is 27.9. The minimum absolute atomic E-state index is 0.00862. The summed E-state index contributed by atoms with van der Waals surface area (Å²) in [5.41, 5.74) is 8.49. The van der Waals surface area contributed by atoms with E-state index in [0.29, 0.717) is 11.6 Å². The second-order valence-electron chi connectivity index (χ2n) is 11.3. The van der Waals surface area contributed by atoms with Gasteiger partial charge in [-0.2, -0.15) is 0 Å². The van der Waals surface area contributed by atoms with Gasteiger partial charge in [0.1, 0.15) is 42.0 Å². The number of nitrogens with zero attached hydrogens (tertiary/aromatic N) is 7. The van der Waals surface area contributed by atoms with E-state index in [4.69, 9.17) is 20.9 Å². The molecule has 0 saturated carbocycles. The van der Waals surface area contributed by atoms with Gasteiger partial charge in [-0.3, -0.25) is 14.5 Å². The lowest BCUT2D eigenvalue weighted by atomic mass is 9.79. The Morgan fingerprint density at radius 3 is 2.54 bits per heavy atom. The van der Waals surface area contributed by atoms with Gasteiger partial charge in [0, 0.05) is 61.8 Å². The average molecular weight is 703 g/mol. The standard InChI is InChI=1S/C32H38F3N9O6/c1-19(28-25(35)14-38-17-40-28)32(48,23-9-8-22(33)13-24(23)34)16-43(4)41-18-42(3)20(2)50-31(47)44(5)29-21(7-6-12-39-29)15-49-30(46)26(36)10-11-27(37)45/h6-9,12-14,17-20,26,48H,3,10-11,15-16,36H2,1-2,4-5H3,(H-,37,45)/p+1/b41-18-/t19-,20?,26-,32?/m0/s1. The summed E-state index contributed by atoms with van der Waals surface area (Å²) in [6.07, 6.45) is 2.61. The number of carbonyl (C=O) groups excluding carboxylic acids is 3. The summed E-state index contributed by atoms with van der Waals surface area (Å²) in [5, 5.41) is 17.2. The normalized spacial score (nSPS) is 14.3. The van der Waals surface area contributed by atoms with Gasteiger partial charge in [-0.1, -0.05) is 19.1 Å². The number of hydrogen-bond donors (Lipinski definition) is 3. The van der Waals surface area contributed by atoms with Crippen molar-refractivity contribution >= 4 is 36.8 Å². The summed E-state index contributed by atoms with van der Waals surface area (Å²) in [6.45, 7) is 6.00. The Morgan fingerprint density at radius 2 is 1.88 bits per heavy atom. The minimum Gasteiger partial charge on any atom is -0.460 e. The van der Waals surface area contributed by atoms with Crippen LogP contribution in [0.1, 0.15) is 49.4 Å². The van der Waals surface area contributed by atoms with Crippen molar-refractivity contribution < 1.29 is 46.7 Å². The van der Waals surface area contributed by atoms with Crippen molar-refractivity contribution in [3.63, 3.8) is 0 Å². The maximum atomic E-state index is 15.0. The lowest BCUT2D eigenvalue weighted by Crippen LogP contribution is -2.43. The molecule has 0 saturated heterocycles. The molecule has 2 heterocycles. The number of hydrazone groups is 1. The van der Waals surface area contributed by atoms with Gasteiger partial charge in [-0.15, -0.1) is 0 Å². The van der Waals surface area contributed by atoms with E-state index >= 15 is 0 Å². The molecular formula is C32H39F3N9O6+. The van der Waals surface area contributed by atoms with Crippen molar-refractivity contribution in [3.05, 3.63) is 83.3 Å². The largest absolute Gasteiger partial charge is 0.460 e. The average Bonchev–Trinajstić information content (AvgIpc) is 3.07. The van der Waals surface area contributed by atoms with Gasteiger partial charge in [0.05, 0.1) is 25.2 Å². The predicted molar refractivity (Wildman–Crippen MR) is 174 cm³/mol. The minimum atomic E-state index is -2.17. The second-order valence-corrected chi connectivity index (χ2v) is 11.3. The number of primary amides is 1. The smallest absolute Gasteiger partial charge is 0.418 e. The third kappa shape index (κ3) is 10.0. The Bertz CT molecular complexity index is 1730. The van der Waals surface area contributed by atoms with E-state index in [0.717, 1.165) is 29.6 Å². The fraction of sp³-hybridized carbons (Fsp3) is 0.375. The monoisotopic (exact) mass is 702 g/mol. The Morgan fingerprint density at radius 1 is 1.16 bits per heavy atom. The number of ether oxygens (including phenoxy) is 2. The first-order chi connectivity index (χ1) is 23.5. The lowest BCUT2D eigenvalue weighted by molar-refractivity contribution is -0.486. The number of esters is 1. The third-order valence-corrected chi connectivity index (χ3v) is 7.66. The number of hydrogen-bond acceptors (Lipinski definition) is 12. The second kappa shape index (κ2) is 17.3. The van der Waals surface area contributed by atoms with Gasteiger partial charge in [-0.25, -0.2) is 42.5 Å². The zero-order chi connectivity index (χ0) is 37.2. The van der Waals surface area contributed by atoms with Gasteiger partial charge in [-0.05, 0) is 18.6 Å². The van der Waals surface area contributed by atoms with E-state index in [1.807, 2.05) is 0 Å². The quantitative estimate of drug-likeness (QED) is 0.0493. The highest BCUT2D eigenvalue weighted by atomic mass is 19.1. The molecule has 3 aromatic rings. The molecule has 2 unspecified atom stereocenters. The number of anilines is 1. The highest BCUT2D eigenvalue weighted by Crippen LogP contribution is 2.39. The molecule has 4 atom stereocenters. The van der Waals surface area contributed by atoms with Crippen LogP contribution < -0.4 is 16.4 Å². The number of rotatable bonds is 16. The van der Waals surface area contributed by atoms with Crippen molar-refractivity contribution in [3.8, 4) is 0 Å². The number of aliphatic hydroxyl groups is 1. The lowest BCUT2D eigenvalue weighted by Gasteiger charge is -2.35. The molecule has 2 amide bonds. The van der Waals surface area contributed by atoms with E-state index in [2.05, 4.69) is 26.8 Å². The van der Waals surface area contributed by atoms with Crippen molar-refractivity contribution in [1.29, 1.82) is 0 Å². The van der Waals surface area contributed by atoms with Crippen LogP contribution in [0.25, 0.3) is 0 Å². The van der Waals surface area contributed by atoms with Crippen LogP contribution in [-0.2, 0) is 31.3 Å². The summed E-state index contributed by atoms with van der Waals surface area (Å²) in [7, 11) is 2.82. The van der Waals surface area contributed by atoms with Gasteiger partial charge >= 0.3 is 18.4 Å². The number of likely N-dealkylation sites (N-methyl/N-ethyl adjacent to an activating group) is 1. The van der Waals surface area contributed by atoms with E-state index in [1.54, 1.807) is 12.1 Å². The Hall–Kier alpha value is -5.49. The molecular weight excluding hydrogens is 663 g/mol. The number of aromatic nitrogens is 3. The van der Waals surface area contributed by atoms with Crippen LogP contribution in [0.3, 0.4) is 0 Å². The maximum absolute atomic E-state index is 15.0. The molecule has 0 spiro atoms. The van der Waals surface area contributed by atoms with Crippen molar-refractivity contribution in [2.75, 3.05) is 25.5 Å². The van der Waals surface area contributed by atoms with Crippen molar-refractivity contribution in [2.45, 2.75) is 57.1 Å². The van der Waals surface area contributed by atoms with Crippen LogP contribution in [-0.4, -0.2) is 93.6 Å². The molecule has 5 N–H and O–H groups in total. The summed E-state index contributed by atoms with van der Waals surface area (Å²) in [6, 6.07) is 4.70. The van der Waals surface area contributed by atoms with Crippen LogP contribution >= 0.6 is 0 Å². The summed E-state index contributed by atoms with van der Waals surface area (Å²) >= 11 is 0. The highest BCUT2D eigenvalue weighted by Gasteiger charge is 2.43. The van der Waals surface area contributed by atoms with E-state index in [1.165, 1.54) is 50.1 Å². The first-order valence-electron chi connectivity index (χ1n) is 15.1. The van der Waals surface area contributed by atoms with Gasteiger partial charge in [0.15, 0.2) is 5.82 Å². The molecule has 15 nitrogen and oxygen atoms in total. The molecule has 0 aliphatic heterocycles. The third-order valence-electron chi connectivity index (χ3n) is 7.66. The SMILES string of the molecule is C=[N+](/C=N\N(C)CC(O)(c1ccc(F)cc1F)[C@@H](C)c1ncncc1F)C(C)OC(=O)N(C)c1ncccc1COC(=O)[C@@H](N)CCC(N)=O. The Balaban J connectivity index is 1.69. The maximum Gasteiger partial charge on any atom is 0.418 e. The molecule has 0 fully saturated rings. The van der Waals surface area contributed by atoms with Crippen molar-refractivity contribution in [1.82, 2.24) is 20.0 Å². The van der Waals surface area contributed by atoms with Crippen molar-refractivity contribution in [2.24, 2.45) is 16.6 Å². The van der Waals surface area contributed by atoms with E-state index in [-0.39, 0.29) is 36.5 Å². The van der Waals surface area contributed by atoms with Crippen LogP contribution in [0, 0.1) is 17.5 Å². The highest BCUT2D eigenvalue weighted by molar-refractivity contribution is 5.86. The zero-order valence-electron chi connectivity index (χ0n) is 27.9. The van der Waals surface area contributed by atoms with Gasteiger partial charge in [0.25, 0.3) is 0 Å². The van der Waals surface area contributed by atoms with Crippen LogP contribution in [0.2, 0.25) is 0 Å². The number of amides is 2. The molecule has 0 bridgehead atoms. The summed E-state index contributed by atoms with van der Waals surface area (Å²) in [4.78, 5) is 49.0. The van der Waals surface area contributed by atoms with Crippen LogP contribution in [0.4, 0.5) is 23.8 Å². The summed E-state index contributed by atoms with van der Waals surface area (Å²) < 4.78 is 55.2. The fourth-order valence-electron chi connectivity index (χ4n) is 4.70. The Labute approximate surface area is 286 Å². The molecule has 1 aromatic carbocycles.